The van der Waals surface area contributed by atoms with Crippen molar-refractivity contribution >= 4 is 22.4 Å². The maximum atomic E-state index is 12.5. The topological polar surface area (TPSA) is 56.5 Å². The average Bonchev–Trinajstić information content (AvgIpc) is 3.16. The largest absolute Gasteiger partial charge is 0.496 e. The molecule has 0 amide bonds. The van der Waals surface area contributed by atoms with E-state index in [0.29, 0.717) is 21.1 Å². The molecule has 0 aliphatic carbocycles. The quantitative estimate of drug-likeness (QED) is 0.577. The molecule has 0 fully saturated rings. The Labute approximate surface area is 141 Å². The molecular weight excluding hydrogens is 322 g/mol. The first-order valence-corrected chi connectivity index (χ1v) is 8.17. The molecule has 0 spiro atoms. The van der Waals surface area contributed by atoms with Crippen molar-refractivity contribution in [1.29, 1.82) is 0 Å². The predicted molar refractivity (Wildman–Crippen MR) is 94.3 cm³/mol. The van der Waals surface area contributed by atoms with Crippen LogP contribution in [0.2, 0.25) is 0 Å². The first-order valence-electron chi connectivity index (χ1n) is 7.36. The van der Waals surface area contributed by atoms with Gasteiger partial charge in [-0.05, 0) is 23.8 Å². The van der Waals surface area contributed by atoms with Crippen molar-refractivity contribution in [1.82, 2.24) is 14.6 Å². The minimum absolute atomic E-state index is 0.160. The van der Waals surface area contributed by atoms with Gasteiger partial charge in [0.1, 0.15) is 5.75 Å². The van der Waals surface area contributed by atoms with Crippen molar-refractivity contribution in [2.45, 2.75) is 0 Å². The van der Waals surface area contributed by atoms with Crippen molar-refractivity contribution in [3.8, 4) is 17.1 Å². The summed E-state index contributed by atoms with van der Waals surface area (Å²) in [6, 6.07) is 17.2. The molecule has 0 atom stereocenters. The van der Waals surface area contributed by atoms with Crippen LogP contribution < -0.4 is 14.8 Å². The lowest BCUT2D eigenvalue weighted by molar-refractivity contribution is 0.416. The third-order valence-corrected chi connectivity index (χ3v) is 4.59. The lowest BCUT2D eigenvalue weighted by Crippen LogP contribution is -2.23. The summed E-state index contributed by atoms with van der Waals surface area (Å²) in [5.41, 5.74) is 1.58. The van der Waals surface area contributed by atoms with Gasteiger partial charge in [0, 0.05) is 0 Å². The Kier molecular flexibility index (Phi) is 3.59. The minimum atomic E-state index is -0.160. The number of hydrogen-bond acceptors (Lipinski definition) is 5. The van der Waals surface area contributed by atoms with Crippen LogP contribution in [0.3, 0.4) is 0 Å². The third-order valence-electron chi connectivity index (χ3n) is 3.63. The normalized spacial score (nSPS) is 12.0. The van der Waals surface area contributed by atoms with Crippen LogP contribution in [0, 0.1) is 0 Å². The van der Waals surface area contributed by atoms with E-state index < -0.39 is 0 Å². The van der Waals surface area contributed by atoms with Crippen LogP contribution in [0.4, 0.5) is 0 Å². The lowest BCUT2D eigenvalue weighted by atomic mass is 10.2. The second kappa shape index (κ2) is 5.90. The summed E-state index contributed by atoms with van der Waals surface area (Å²) in [7, 11) is 1.60. The van der Waals surface area contributed by atoms with E-state index in [1.54, 1.807) is 7.11 Å². The molecule has 6 heteroatoms. The first kappa shape index (κ1) is 14.6. The highest BCUT2D eigenvalue weighted by molar-refractivity contribution is 7.15. The fraction of sp³-hybridized carbons (Fsp3) is 0.0556. The molecule has 0 saturated heterocycles. The molecule has 0 N–H and O–H groups in total. The van der Waals surface area contributed by atoms with E-state index in [-0.39, 0.29) is 5.56 Å². The van der Waals surface area contributed by atoms with Crippen LogP contribution in [-0.2, 0) is 0 Å². The van der Waals surface area contributed by atoms with E-state index in [0.717, 1.165) is 11.1 Å². The number of rotatable bonds is 3. The van der Waals surface area contributed by atoms with Crippen LogP contribution in [0.25, 0.3) is 22.4 Å². The van der Waals surface area contributed by atoms with E-state index in [4.69, 9.17) is 4.74 Å². The second-order valence-electron chi connectivity index (χ2n) is 5.16. The SMILES string of the molecule is COc1ccccc1-c1nc2s/c(=C\c3ccccc3)c(=O)n2n1. The monoisotopic (exact) mass is 335 g/mol. The van der Waals surface area contributed by atoms with E-state index in [1.807, 2.05) is 60.7 Å². The van der Waals surface area contributed by atoms with E-state index in [1.165, 1.54) is 15.9 Å². The van der Waals surface area contributed by atoms with E-state index in [9.17, 15) is 4.79 Å². The van der Waals surface area contributed by atoms with Gasteiger partial charge in [-0.15, -0.1) is 5.10 Å². The van der Waals surface area contributed by atoms with E-state index >= 15 is 0 Å². The summed E-state index contributed by atoms with van der Waals surface area (Å²) < 4.78 is 7.30. The fourth-order valence-corrected chi connectivity index (χ4v) is 3.39. The van der Waals surface area contributed by atoms with Crippen molar-refractivity contribution in [3.05, 3.63) is 75.0 Å². The van der Waals surface area contributed by atoms with Gasteiger partial charge in [-0.25, -0.2) is 0 Å². The number of hydrogen-bond donors (Lipinski definition) is 0. The van der Waals surface area contributed by atoms with E-state index in [2.05, 4.69) is 10.1 Å². The Bertz CT molecular complexity index is 1120. The van der Waals surface area contributed by atoms with Gasteiger partial charge in [-0.3, -0.25) is 4.79 Å². The molecule has 0 unspecified atom stereocenters. The summed E-state index contributed by atoms with van der Waals surface area (Å²) in [5.74, 6) is 1.17. The average molecular weight is 335 g/mol. The summed E-state index contributed by atoms with van der Waals surface area (Å²) in [5, 5.41) is 4.36. The molecule has 5 nitrogen and oxygen atoms in total. The molecule has 2 heterocycles. The molecule has 4 aromatic rings. The molecule has 2 aromatic carbocycles. The maximum absolute atomic E-state index is 12.5. The van der Waals surface area contributed by atoms with Crippen LogP contribution in [0.1, 0.15) is 5.56 Å². The van der Waals surface area contributed by atoms with Gasteiger partial charge < -0.3 is 4.74 Å². The summed E-state index contributed by atoms with van der Waals surface area (Å²) in [6.07, 6.45) is 1.85. The Morgan fingerprint density at radius 1 is 1.08 bits per heavy atom. The van der Waals surface area contributed by atoms with Crippen LogP contribution >= 0.6 is 11.3 Å². The Hall–Kier alpha value is -2.99. The number of para-hydroxylation sites is 1. The van der Waals surface area contributed by atoms with Gasteiger partial charge in [0.15, 0.2) is 5.82 Å². The molecule has 4 rings (SSSR count). The van der Waals surface area contributed by atoms with Gasteiger partial charge >= 0.3 is 0 Å². The standard InChI is InChI=1S/C18H13N3O2S/c1-23-14-10-6-5-9-13(14)16-19-18-21(20-16)17(22)15(24-18)11-12-7-3-2-4-8-12/h2-11H,1H3/b15-11-. The molecule has 24 heavy (non-hydrogen) atoms. The Morgan fingerprint density at radius 2 is 1.83 bits per heavy atom. The highest BCUT2D eigenvalue weighted by atomic mass is 32.1. The molecule has 2 aromatic heterocycles. The number of fused-ring (bicyclic) bond motifs is 1. The first-order chi connectivity index (χ1) is 11.8. The van der Waals surface area contributed by atoms with Crippen molar-refractivity contribution in [2.75, 3.05) is 7.11 Å². The summed E-state index contributed by atoms with van der Waals surface area (Å²) in [6.45, 7) is 0. The smallest absolute Gasteiger partial charge is 0.291 e. The third kappa shape index (κ3) is 2.47. The number of benzene rings is 2. The molecule has 118 valence electrons. The highest BCUT2D eigenvalue weighted by Crippen LogP contribution is 2.27. The van der Waals surface area contributed by atoms with Gasteiger partial charge in [-0.2, -0.15) is 9.50 Å². The van der Waals surface area contributed by atoms with Crippen molar-refractivity contribution < 1.29 is 4.74 Å². The second-order valence-corrected chi connectivity index (χ2v) is 6.17. The van der Waals surface area contributed by atoms with Crippen LogP contribution in [0.15, 0.2) is 59.4 Å². The predicted octanol–water partition coefficient (Wildman–Crippen LogP) is 2.37. The summed E-state index contributed by atoms with van der Waals surface area (Å²) >= 11 is 1.33. The molecular formula is C18H13N3O2S. The van der Waals surface area contributed by atoms with Crippen molar-refractivity contribution in [3.63, 3.8) is 0 Å². The van der Waals surface area contributed by atoms with Crippen LogP contribution in [-0.4, -0.2) is 21.7 Å². The van der Waals surface area contributed by atoms with Gasteiger partial charge in [-0.1, -0.05) is 53.8 Å². The van der Waals surface area contributed by atoms with Gasteiger partial charge in [0.2, 0.25) is 4.96 Å². The fourth-order valence-electron chi connectivity index (χ4n) is 2.48. The molecule has 0 aliphatic rings. The zero-order valence-electron chi connectivity index (χ0n) is 12.8. The molecule has 0 radical (unpaired) electrons. The van der Waals surface area contributed by atoms with Crippen LogP contribution in [0.5, 0.6) is 5.75 Å². The molecule has 0 bridgehead atoms. The van der Waals surface area contributed by atoms with Crippen molar-refractivity contribution in [2.24, 2.45) is 0 Å². The minimum Gasteiger partial charge on any atom is -0.496 e. The number of ether oxygens (including phenoxy) is 1. The number of aromatic nitrogens is 3. The maximum Gasteiger partial charge on any atom is 0.291 e. The number of thiazole rings is 1. The molecule has 0 saturated carbocycles. The lowest BCUT2D eigenvalue weighted by Gasteiger charge is -2.03. The zero-order chi connectivity index (χ0) is 16.5. The Balaban J connectivity index is 1.85. The van der Waals surface area contributed by atoms with Gasteiger partial charge in [0.05, 0.1) is 17.2 Å². The Morgan fingerprint density at radius 3 is 2.58 bits per heavy atom. The molecule has 0 aliphatic heterocycles. The number of nitrogens with zero attached hydrogens (tertiary/aromatic N) is 3. The zero-order valence-corrected chi connectivity index (χ0v) is 13.7. The number of methoxy groups -OCH3 is 1. The van der Waals surface area contributed by atoms with Gasteiger partial charge in [0.25, 0.3) is 5.56 Å². The highest BCUT2D eigenvalue weighted by Gasteiger charge is 2.14. The summed E-state index contributed by atoms with van der Waals surface area (Å²) in [4.78, 5) is 17.6.